The van der Waals surface area contributed by atoms with E-state index < -0.39 is 0 Å². The lowest BCUT2D eigenvalue weighted by molar-refractivity contribution is 0.670. The number of para-hydroxylation sites is 2. The van der Waals surface area contributed by atoms with Gasteiger partial charge in [0.1, 0.15) is 11.2 Å². The molecule has 0 spiro atoms. The Morgan fingerprint density at radius 2 is 1.03 bits per heavy atom. The lowest BCUT2D eigenvalue weighted by atomic mass is 9.88. The second-order valence-electron chi connectivity index (χ2n) is 7.37. The third kappa shape index (κ3) is 2.63. The van der Waals surface area contributed by atoms with Crippen LogP contribution in [0.15, 0.2) is 95.4 Å². The van der Waals surface area contributed by atoms with Crippen molar-refractivity contribution in [2.75, 3.05) is 0 Å². The summed E-state index contributed by atoms with van der Waals surface area (Å²) in [5.41, 5.74) is 5.62. The Labute approximate surface area is 176 Å². The van der Waals surface area contributed by atoms with Crippen LogP contribution in [-0.4, -0.2) is 0 Å². The van der Waals surface area contributed by atoms with E-state index in [1.807, 2.05) is 26.0 Å². The second-order valence-corrected chi connectivity index (χ2v) is 7.37. The summed E-state index contributed by atoms with van der Waals surface area (Å²) < 4.78 is 6.35. The molecular weight excluding hydrogens is 364 g/mol. The Bertz CT molecular complexity index is 1520. The van der Waals surface area contributed by atoms with Gasteiger partial charge in [0.2, 0.25) is 0 Å². The highest BCUT2D eigenvalue weighted by Crippen LogP contribution is 2.42. The number of rotatable bonds is 1. The molecular formula is C29H24O. The highest BCUT2D eigenvalue weighted by molar-refractivity contribution is 6.19. The number of hydrogen-bond acceptors (Lipinski definition) is 1. The van der Waals surface area contributed by atoms with Crippen molar-refractivity contribution in [3.8, 4) is 11.1 Å². The van der Waals surface area contributed by atoms with E-state index in [0.717, 1.165) is 16.7 Å². The summed E-state index contributed by atoms with van der Waals surface area (Å²) in [6.45, 7) is 6.23. The largest absolute Gasteiger partial charge is 0.455 e. The quantitative estimate of drug-likeness (QED) is 0.256. The average Bonchev–Trinajstić information content (AvgIpc) is 3.20. The molecule has 1 aromatic heterocycles. The first-order chi connectivity index (χ1) is 14.8. The van der Waals surface area contributed by atoms with Gasteiger partial charge in [-0.1, -0.05) is 98.8 Å². The molecule has 0 aliphatic carbocycles. The van der Waals surface area contributed by atoms with E-state index in [-0.39, 0.29) is 0 Å². The molecule has 0 saturated carbocycles. The standard InChI is InChI=1S/C27H18O.C2H6/c1-17-18-9-2-3-10-19(18)20-11-4-5-13-22(20)26(17)24-15-8-14-23-21-12-6-7-16-25(21)28-27(23)24;1-2/h2-16H,1H3;1-2H3. The van der Waals surface area contributed by atoms with Crippen LogP contribution in [0.1, 0.15) is 19.4 Å². The molecule has 1 heteroatoms. The number of furan rings is 1. The van der Waals surface area contributed by atoms with Crippen molar-refractivity contribution in [2.24, 2.45) is 0 Å². The van der Waals surface area contributed by atoms with Gasteiger partial charge in [-0.3, -0.25) is 0 Å². The summed E-state index contributed by atoms with van der Waals surface area (Å²) in [5.74, 6) is 0. The topological polar surface area (TPSA) is 13.1 Å². The smallest absolute Gasteiger partial charge is 0.143 e. The van der Waals surface area contributed by atoms with Crippen molar-refractivity contribution in [2.45, 2.75) is 20.8 Å². The normalized spacial score (nSPS) is 11.2. The van der Waals surface area contributed by atoms with E-state index in [1.165, 1.54) is 43.4 Å². The minimum Gasteiger partial charge on any atom is -0.455 e. The van der Waals surface area contributed by atoms with Gasteiger partial charge in [0.25, 0.3) is 0 Å². The molecule has 0 fully saturated rings. The van der Waals surface area contributed by atoms with Gasteiger partial charge in [-0.15, -0.1) is 0 Å². The molecule has 0 radical (unpaired) electrons. The molecule has 146 valence electrons. The highest BCUT2D eigenvalue weighted by atomic mass is 16.3. The van der Waals surface area contributed by atoms with Gasteiger partial charge in [0.05, 0.1) is 0 Å². The van der Waals surface area contributed by atoms with Crippen LogP contribution in [0.3, 0.4) is 0 Å². The van der Waals surface area contributed by atoms with Gasteiger partial charge >= 0.3 is 0 Å². The highest BCUT2D eigenvalue weighted by Gasteiger charge is 2.17. The third-order valence-electron chi connectivity index (χ3n) is 5.87. The Morgan fingerprint density at radius 3 is 1.77 bits per heavy atom. The van der Waals surface area contributed by atoms with Crippen LogP contribution in [0.5, 0.6) is 0 Å². The van der Waals surface area contributed by atoms with Crippen molar-refractivity contribution in [3.63, 3.8) is 0 Å². The first-order valence-corrected chi connectivity index (χ1v) is 10.6. The average molecular weight is 389 g/mol. The lowest BCUT2D eigenvalue weighted by Gasteiger charge is -2.15. The summed E-state index contributed by atoms with van der Waals surface area (Å²) >= 11 is 0. The number of fused-ring (bicyclic) bond motifs is 6. The fraction of sp³-hybridized carbons (Fsp3) is 0.103. The molecule has 0 unspecified atom stereocenters. The van der Waals surface area contributed by atoms with Crippen LogP contribution < -0.4 is 0 Å². The lowest BCUT2D eigenvalue weighted by Crippen LogP contribution is -1.90. The Hall–Kier alpha value is -3.58. The van der Waals surface area contributed by atoms with Crippen molar-refractivity contribution in [1.82, 2.24) is 0 Å². The van der Waals surface area contributed by atoms with Gasteiger partial charge in [0.15, 0.2) is 0 Å². The van der Waals surface area contributed by atoms with E-state index >= 15 is 0 Å². The summed E-state index contributed by atoms with van der Waals surface area (Å²) in [4.78, 5) is 0. The minimum absolute atomic E-state index is 0.938. The van der Waals surface area contributed by atoms with E-state index in [9.17, 15) is 0 Å². The predicted molar refractivity (Wildman–Crippen MR) is 130 cm³/mol. The van der Waals surface area contributed by atoms with Gasteiger partial charge in [0, 0.05) is 16.3 Å². The Kier molecular flexibility index (Phi) is 4.52. The number of benzene rings is 5. The molecule has 0 saturated heterocycles. The molecule has 1 heterocycles. The molecule has 6 aromatic rings. The van der Waals surface area contributed by atoms with Crippen LogP contribution in [0.2, 0.25) is 0 Å². The Balaban J connectivity index is 0.000000937. The monoisotopic (exact) mass is 388 g/mol. The fourth-order valence-electron chi connectivity index (χ4n) is 4.61. The SMILES string of the molecule is CC.Cc1c(-c2cccc3c2oc2ccccc23)c2ccccc2c2ccccc12. The molecule has 5 aromatic carbocycles. The van der Waals surface area contributed by atoms with E-state index in [4.69, 9.17) is 4.42 Å². The van der Waals surface area contributed by atoms with Crippen LogP contribution in [0.25, 0.3) is 54.6 Å². The maximum Gasteiger partial charge on any atom is 0.143 e. The molecule has 6 rings (SSSR count). The summed E-state index contributed by atoms with van der Waals surface area (Å²) in [7, 11) is 0. The first kappa shape index (κ1) is 18.4. The van der Waals surface area contributed by atoms with Crippen molar-refractivity contribution in [3.05, 3.63) is 96.6 Å². The van der Waals surface area contributed by atoms with Gasteiger partial charge in [-0.05, 0) is 45.7 Å². The zero-order valence-electron chi connectivity index (χ0n) is 17.6. The zero-order chi connectivity index (χ0) is 20.7. The van der Waals surface area contributed by atoms with Crippen molar-refractivity contribution >= 4 is 43.5 Å². The zero-order valence-corrected chi connectivity index (χ0v) is 17.6. The Morgan fingerprint density at radius 1 is 0.500 bits per heavy atom. The minimum atomic E-state index is 0.938. The van der Waals surface area contributed by atoms with Gasteiger partial charge in [-0.2, -0.15) is 0 Å². The maximum atomic E-state index is 6.35. The van der Waals surface area contributed by atoms with Crippen LogP contribution in [0, 0.1) is 6.92 Å². The van der Waals surface area contributed by atoms with Gasteiger partial charge in [-0.25, -0.2) is 0 Å². The molecule has 0 bridgehead atoms. The molecule has 0 aliphatic rings. The molecule has 30 heavy (non-hydrogen) atoms. The van der Waals surface area contributed by atoms with Crippen molar-refractivity contribution < 1.29 is 4.42 Å². The molecule has 0 amide bonds. The molecule has 1 nitrogen and oxygen atoms in total. The molecule has 0 aliphatic heterocycles. The van der Waals surface area contributed by atoms with Crippen LogP contribution in [-0.2, 0) is 0 Å². The summed E-state index contributed by atoms with van der Waals surface area (Å²) in [6, 6.07) is 32.1. The van der Waals surface area contributed by atoms with Gasteiger partial charge < -0.3 is 4.42 Å². The first-order valence-electron chi connectivity index (χ1n) is 10.6. The molecule has 0 atom stereocenters. The van der Waals surface area contributed by atoms with Crippen LogP contribution >= 0.6 is 0 Å². The van der Waals surface area contributed by atoms with Crippen molar-refractivity contribution in [1.29, 1.82) is 0 Å². The number of hydrogen-bond donors (Lipinski definition) is 0. The predicted octanol–water partition coefficient (Wildman–Crippen LogP) is 8.89. The fourth-order valence-corrected chi connectivity index (χ4v) is 4.61. The van der Waals surface area contributed by atoms with E-state index in [0.29, 0.717) is 0 Å². The summed E-state index contributed by atoms with van der Waals surface area (Å²) in [5, 5.41) is 7.49. The van der Waals surface area contributed by atoms with E-state index in [2.05, 4.69) is 85.8 Å². The second kappa shape index (κ2) is 7.35. The maximum absolute atomic E-state index is 6.35. The number of aryl methyl sites for hydroxylation is 1. The molecule has 0 N–H and O–H groups in total. The summed E-state index contributed by atoms with van der Waals surface area (Å²) in [6.07, 6.45) is 0. The van der Waals surface area contributed by atoms with Crippen LogP contribution in [0.4, 0.5) is 0 Å². The van der Waals surface area contributed by atoms with E-state index in [1.54, 1.807) is 0 Å². The third-order valence-corrected chi connectivity index (χ3v) is 5.87.